The maximum absolute atomic E-state index is 16.6. The minimum absolute atomic E-state index is 0.0378. The molecule has 0 bridgehead atoms. The molecule has 7 atom stereocenters. The van der Waals surface area contributed by atoms with E-state index in [-0.39, 0.29) is 29.8 Å². The highest BCUT2D eigenvalue weighted by Gasteiger charge is 2.71. The van der Waals surface area contributed by atoms with E-state index in [9.17, 15) is 19.1 Å². The van der Waals surface area contributed by atoms with Gasteiger partial charge in [0.2, 0.25) is 0 Å². The van der Waals surface area contributed by atoms with Crippen LogP contribution in [0.2, 0.25) is 0 Å². The van der Waals surface area contributed by atoms with Crippen LogP contribution in [-0.2, 0) is 9.59 Å². The fraction of sp³-hybridized carbons (Fsp3) is 0.619. The van der Waals surface area contributed by atoms with Gasteiger partial charge in [0.15, 0.2) is 23.9 Å². The number of aliphatic hydroxyl groups excluding tert-OH is 1. The molecule has 0 aromatic heterocycles. The Labute approximate surface area is 156 Å². The molecule has 0 radical (unpaired) electrons. The first-order chi connectivity index (χ1) is 12.6. The Balaban J connectivity index is 1.82. The molecule has 0 aliphatic heterocycles. The smallest absolute Gasteiger partial charge is 0.190 e. The largest absolute Gasteiger partial charge is 0.390 e. The molecule has 0 aromatic carbocycles. The van der Waals surface area contributed by atoms with Gasteiger partial charge in [0.25, 0.3) is 0 Å². The molecule has 0 spiro atoms. The van der Waals surface area contributed by atoms with Crippen LogP contribution >= 0.6 is 0 Å². The SMILES string of the molecule is C[C@]12C=CC(=O)C=C1[C@@H](F)C[C@H]1[C@@H]3CC=C(C(=O)CF)[C@@]3(C)C[C@H](O)[C@@]12F. The highest BCUT2D eigenvalue weighted by Crippen LogP contribution is 2.68. The first-order valence-electron chi connectivity index (χ1n) is 9.35. The molecule has 0 aromatic rings. The van der Waals surface area contributed by atoms with Crippen molar-refractivity contribution in [1.82, 2.24) is 0 Å². The van der Waals surface area contributed by atoms with Crippen molar-refractivity contribution in [3.63, 3.8) is 0 Å². The Hall–Kier alpha value is -1.69. The number of halogens is 3. The van der Waals surface area contributed by atoms with Gasteiger partial charge in [0.05, 0.1) is 6.10 Å². The second-order valence-electron chi connectivity index (χ2n) is 8.77. The monoisotopic (exact) mass is 380 g/mol. The van der Waals surface area contributed by atoms with Crippen LogP contribution in [0.25, 0.3) is 0 Å². The van der Waals surface area contributed by atoms with Crippen molar-refractivity contribution in [3.05, 3.63) is 35.5 Å². The van der Waals surface area contributed by atoms with E-state index in [1.54, 1.807) is 13.0 Å². The van der Waals surface area contributed by atoms with Crippen molar-refractivity contribution < 1.29 is 27.9 Å². The number of carbonyl (C=O) groups is 2. The van der Waals surface area contributed by atoms with E-state index in [1.807, 2.05) is 0 Å². The maximum atomic E-state index is 16.6. The van der Waals surface area contributed by atoms with Gasteiger partial charge in [0.1, 0.15) is 6.17 Å². The van der Waals surface area contributed by atoms with Crippen LogP contribution in [0.15, 0.2) is 35.5 Å². The number of allylic oxidation sites excluding steroid dienone is 6. The second-order valence-corrected chi connectivity index (χ2v) is 8.77. The molecule has 2 saturated carbocycles. The number of fused-ring (bicyclic) bond motifs is 5. The summed E-state index contributed by atoms with van der Waals surface area (Å²) in [4.78, 5) is 23.8. The third-order valence-electron chi connectivity index (χ3n) is 7.63. The van der Waals surface area contributed by atoms with Crippen LogP contribution in [0.4, 0.5) is 13.2 Å². The molecular formula is C21H23F3O3. The summed E-state index contributed by atoms with van der Waals surface area (Å²) in [5.74, 6) is -2.29. The third kappa shape index (κ3) is 2.13. The lowest BCUT2D eigenvalue weighted by atomic mass is 9.45. The van der Waals surface area contributed by atoms with E-state index in [4.69, 9.17) is 0 Å². The minimum atomic E-state index is -2.16. The van der Waals surface area contributed by atoms with Gasteiger partial charge in [0, 0.05) is 22.3 Å². The normalized spacial score (nSPS) is 48.3. The molecular weight excluding hydrogens is 357 g/mol. The van der Waals surface area contributed by atoms with Crippen LogP contribution < -0.4 is 0 Å². The van der Waals surface area contributed by atoms with Crippen LogP contribution in [-0.4, -0.2) is 41.3 Å². The molecule has 4 rings (SSSR count). The molecule has 2 fully saturated rings. The molecule has 0 saturated heterocycles. The zero-order valence-electron chi connectivity index (χ0n) is 15.3. The summed E-state index contributed by atoms with van der Waals surface area (Å²) < 4.78 is 44.7. The van der Waals surface area contributed by atoms with Gasteiger partial charge in [-0.1, -0.05) is 19.1 Å². The average molecular weight is 380 g/mol. The minimum Gasteiger partial charge on any atom is -0.390 e. The number of Topliss-reactive ketones (excluding diaryl/α,β-unsaturated/α-hetero) is 1. The highest BCUT2D eigenvalue weighted by atomic mass is 19.1. The van der Waals surface area contributed by atoms with Crippen molar-refractivity contribution in [2.45, 2.75) is 51.1 Å². The quantitative estimate of drug-likeness (QED) is 0.799. The topological polar surface area (TPSA) is 54.4 Å². The molecule has 6 heteroatoms. The lowest BCUT2D eigenvalue weighted by molar-refractivity contribution is -0.192. The van der Waals surface area contributed by atoms with Gasteiger partial charge in [-0.25, -0.2) is 13.2 Å². The maximum Gasteiger partial charge on any atom is 0.190 e. The first-order valence-corrected chi connectivity index (χ1v) is 9.35. The van der Waals surface area contributed by atoms with Gasteiger partial charge in [-0.15, -0.1) is 0 Å². The second kappa shape index (κ2) is 5.66. The Morgan fingerprint density at radius 2 is 2.04 bits per heavy atom. The fourth-order valence-electron chi connectivity index (χ4n) is 6.28. The number of alkyl halides is 3. The van der Waals surface area contributed by atoms with Crippen LogP contribution in [0.5, 0.6) is 0 Å². The van der Waals surface area contributed by atoms with Gasteiger partial charge in [-0.3, -0.25) is 9.59 Å². The van der Waals surface area contributed by atoms with E-state index in [2.05, 4.69) is 0 Å². The van der Waals surface area contributed by atoms with Crippen molar-refractivity contribution in [2.75, 3.05) is 6.67 Å². The molecule has 0 unspecified atom stereocenters. The molecule has 0 heterocycles. The lowest BCUT2D eigenvalue weighted by Crippen LogP contribution is -2.68. The number of hydrogen-bond acceptors (Lipinski definition) is 3. The summed E-state index contributed by atoms with van der Waals surface area (Å²) in [5, 5.41) is 10.9. The summed E-state index contributed by atoms with van der Waals surface area (Å²) >= 11 is 0. The third-order valence-corrected chi connectivity index (χ3v) is 7.63. The number of aliphatic hydroxyl groups is 1. The molecule has 27 heavy (non-hydrogen) atoms. The first kappa shape index (κ1) is 18.7. The predicted octanol–water partition coefficient (Wildman–Crippen LogP) is 3.38. The summed E-state index contributed by atoms with van der Waals surface area (Å²) in [7, 11) is 0. The fourth-order valence-corrected chi connectivity index (χ4v) is 6.28. The zero-order chi connectivity index (χ0) is 19.8. The Kier molecular flexibility index (Phi) is 3.91. The number of rotatable bonds is 2. The lowest BCUT2D eigenvalue weighted by Gasteiger charge is -2.62. The van der Waals surface area contributed by atoms with E-state index >= 15 is 8.78 Å². The number of hydrogen-bond donors (Lipinski definition) is 1. The highest BCUT2D eigenvalue weighted by molar-refractivity contribution is 6.01. The summed E-state index contributed by atoms with van der Waals surface area (Å²) in [5.41, 5.74) is -4.12. The Morgan fingerprint density at radius 3 is 2.70 bits per heavy atom. The van der Waals surface area contributed by atoms with Crippen molar-refractivity contribution in [1.29, 1.82) is 0 Å². The number of ketones is 2. The molecule has 3 nitrogen and oxygen atoms in total. The van der Waals surface area contributed by atoms with E-state index in [1.165, 1.54) is 19.1 Å². The summed E-state index contributed by atoms with van der Waals surface area (Å²) in [6.07, 6.45) is 2.57. The van der Waals surface area contributed by atoms with Gasteiger partial charge >= 0.3 is 0 Å². The molecule has 4 aliphatic carbocycles. The van der Waals surface area contributed by atoms with Crippen molar-refractivity contribution >= 4 is 11.6 Å². The van der Waals surface area contributed by atoms with E-state index < -0.39 is 53.1 Å². The standard InChI is InChI=1S/C21H23F3O3/c1-19-9-18(27)21(24)14(12(19)3-4-13(19)17(26)10-22)8-16(23)15-7-11(25)5-6-20(15,21)2/h4-7,12,14,16,18,27H,3,8-10H2,1-2H3/t12-,14-,16-,18-,19-,20-,21-/m0/s1. The van der Waals surface area contributed by atoms with Crippen LogP contribution in [0.3, 0.4) is 0 Å². The predicted molar refractivity (Wildman–Crippen MR) is 93.1 cm³/mol. The molecule has 1 N–H and O–H groups in total. The summed E-state index contributed by atoms with van der Waals surface area (Å²) in [6, 6.07) is 0. The molecule has 146 valence electrons. The van der Waals surface area contributed by atoms with Gasteiger partial charge < -0.3 is 5.11 Å². The van der Waals surface area contributed by atoms with Gasteiger partial charge in [-0.2, -0.15) is 0 Å². The zero-order valence-corrected chi connectivity index (χ0v) is 15.3. The average Bonchev–Trinajstić information content (AvgIpc) is 2.95. The van der Waals surface area contributed by atoms with Crippen molar-refractivity contribution in [3.8, 4) is 0 Å². The Bertz CT molecular complexity index is 815. The molecule has 0 amide bonds. The Morgan fingerprint density at radius 1 is 1.33 bits per heavy atom. The van der Waals surface area contributed by atoms with Crippen LogP contribution in [0.1, 0.15) is 33.1 Å². The van der Waals surface area contributed by atoms with Crippen molar-refractivity contribution in [2.24, 2.45) is 22.7 Å². The van der Waals surface area contributed by atoms with Gasteiger partial charge in [-0.05, 0) is 49.8 Å². The number of carbonyl (C=O) groups excluding carboxylic acids is 2. The van der Waals surface area contributed by atoms with E-state index in [0.29, 0.717) is 6.42 Å². The van der Waals surface area contributed by atoms with Crippen LogP contribution in [0, 0.1) is 22.7 Å². The van der Waals surface area contributed by atoms with E-state index in [0.717, 1.165) is 6.08 Å². The molecule has 4 aliphatic rings. The summed E-state index contributed by atoms with van der Waals surface area (Å²) in [6.45, 7) is 2.13.